The van der Waals surface area contributed by atoms with Gasteiger partial charge in [-0.2, -0.15) is 8.78 Å². The zero-order valence-electron chi connectivity index (χ0n) is 18.7. The minimum atomic E-state index is -4.35. The number of carbonyl (C=O) groups excluding carboxylic acids is 1. The van der Waals surface area contributed by atoms with Gasteiger partial charge in [-0.1, -0.05) is 30.3 Å². The van der Waals surface area contributed by atoms with Crippen molar-refractivity contribution in [2.24, 2.45) is 0 Å². The van der Waals surface area contributed by atoms with E-state index in [1.54, 1.807) is 37.3 Å². The molecule has 0 aliphatic rings. The van der Waals surface area contributed by atoms with E-state index in [9.17, 15) is 31.5 Å². The number of amides is 1. The molecule has 2 atom stereocenters. The number of aliphatic hydroxyl groups is 1. The number of anilines is 2. The van der Waals surface area contributed by atoms with Crippen LogP contribution in [0.5, 0.6) is 11.5 Å². The fourth-order valence-electron chi connectivity index (χ4n) is 3.08. The molecule has 36 heavy (non-hydrogen) atoms. The number of sulfonamides is 1. The fourth-order valence-corrected chi connectivity index (χ4v) is 4.38. The topological polar surface area (TPSA) is 114 Å². The van der Waals surface area contributed by atoms with Gasteiger partial charge in [0.2, 0.25) is 0 Å². The van der Waals surface area contributed by atoms with Gasteiger partial charge in [0.15, 0.2) is 17.7 Å². The van der Waals surface area contributed by atoms with Crippen molar-refractivity contribution in [2.45, 2.75) is 23.8 Å². The van der Waals surface area contributed by atoms with Crippen LogP contribution in [0.3, 0.4) is 0 Å². The molecule has 3 aromatic carbocycles. The molecule has 0 aliphatic heterocycles. The van der Waals surface area contributed by atoms with Gasteiger partial charge < -0.3 is 19.9 Å². The van der Waals surface area contributed by atoms with Crippen molar-refractivity contribution in [2.75, 3.05) is 16.6 Å². The van der Waals surface area contributed by atoms with Crippen LogP contribution >= 0.6 is 9.24 Å². The van der Waals surface area contributed by atoms with E-state index in [0.717, 1.165) is 33.5 Å². The first-order valence-electron chi connectivity index (χ1n) is 10.4. The normalized spacial score (nSPS) is 12.5. The average molecular weight is 542 g/mol. The van der Waals surface area contributed by atoms with Gasteiger partial charge in [0.1, 0.15) is 10.6 Å². The first-order chi connectivity index (χ1) is 16.9. The Labute approximate surface area is 207 Å². The van der Waals surface area contributed by atoms with Gasteiger partial charge in [-0.15, -0.1) is 0 Å². The predicted molar refractivity (Wildman–Crippen MR) is 130 cm³/mol. The molecule has 0 aromatic heterocycles. The van der Waals surface area contributed by atoms with Gasteiger partial charge >= 0.3 is 5.85 Å². The monoisotopic (exact) mass is 542 g/mol. The molecule has 0 radical (unpaired) electrons. The summed E-state index contributed by atoms with van der Waals surface area (Å²) < 4.78 is 77.8. The summed E-state index contributed by atoms with van der Waals surface area (Å²) in [4.78, 5) is 12.1. The van der Waals surface area contributed by atoms with E-state index in [1.165, 1.54) is 12.1 Å². The molecule has 3 aromatic rings. The molecule has 1 unspecified atom stereocenters. The zero-order chi connectivity index (χ0) is 26.5. The molecule has 0 saturated carbocycles. The number of aliphatic hydroxyl groups excluding tert-OH is 1. The van der Waals surface area contributed by atoms with Gasteiger partial charge in [0.25, 0.3) is 15.9 Å². The van der Waals surface area contributed by atoms with Gasteiger partial charge in [0, 0.05) is 17.8 Å². The maximum Gasteiger partial charge on any atom is 0.408 e. The Bertz CT molecular complexity index is 1340. The van der Waals surface area contributed by atoms with Crippen LogP contribution in [0.1, 0.15) is 18.6 Å². The third kappa shape index (κ3) is 7.09. The third-order valence-corrected chi connectivity index (χ3v) is 6.13. The van der Waals surface area contributed by atoms with Crippen molar-refractivity contribution in [1.82, 2.24) is 0 Å². The first-order valence-corrected chi connectivity index (χ1v) is 12.4. The van der Waals surface area contributed by atoms with E-state index >= 15 is 0 Å². The maximum atomic E-state index is 13.8. The predicted octanol–water partition coefficient (Wildman–Crippen LogP) is 4.50. The smallest absolute Gasteiger partial charge is 0.408 e. The lowest BCUT2D eigenvalue weighted by atomic mass is 10.1. The quantitative estimate of drug-likeness (QED) is 0.325. The summed E-state index contributed by atoms with van der Waals surface area (Å²) in [6.45, 7) is 1.69. The molecule has 0 saturated heterocycles. The molecule has 0 spiro atoms. The van der Waals surface area contributed by atoms with Crippen LogP contribution in [0.15, 0.2) is 71.6 Å². The highest BCUT2D eigenvalue weighted by Gasteiger charge is 2.27. The Morgan fingerprint density at radius 2 is 1.69 bits per heavy atom. The summed E-state index contributed by atoms with van der Waals surface area (Å²) >= 11 is 0. The van der Waals surface area contributed by atoms with Crippen molar-refractivity contribution in [3.63, 3.8) is 0 Å². The van der Waals surface area contributed by atoms with Crippen molar-refractivity contribution < 1.29 is 41.0 Å². The number of ether oxygens (including phenoxy) is 2. The Morgan fingerprint density at radius 3 is 2.33 bits per heavy atom. The maximum absolute atomic E-state index is 13.8. The number of hydrogen-bond acceptors (Lipinski definition) is 6. The molecule has 13 heteroatoms. The molecule has 0 aliphatic carbocycles. The molecule has 0 heterocycles. The summed E-state index contributed by atoms with van der Waals surface area (Å²) in [6.07, 6.45) is -1.46. The second-order valence-corrected chi connectivity index (χ2v) is 9.63. The molecule has 3 N–H and O–H groups in total. The van der Waals surface area contributed by atoms with E-state index in [-0.39, 0.29) is 28.6 Å². The SMILES string of the molecule is CCOc1cc(NC(=O)[C@@H](O)c2ccccc2)ccc1S(=O)(=O)Nc1ccc(F)c(OC(F)(F)P)c1. The number of alkyl halides is 2. The van der Waals surface area contributed by atoms with Crippen LogP contribution < -0.4 is 19.5 Å². The zero-order valence-corrected chi connectivity index (χ0v) is 20.7. The van der Waals surface area contributed by atoms with Crippen LogP contribution in [0, 0.1) is 5.82 Å². The van der Waals surface area contributed by atoms with Crippen molar-refractivity contribution >= 4 is 36.5 Å². The number of halogens is 3. The van der Waals surface area contributed by atoms with E-state index in [0.29, 0.717) is 5.56 Å². The third-order valence-electron chi connectivity index (χ3n) is 4.59. The lowest BCUT2D eigenvalue weighted by Gasteiger charge is -2.17. The summed E-state index contributed by atoms with van der Waals surface area (Å²) in [6, 6.07) is 14.4. The summed E-state index contributed by atoms with van der Waals surface area (Å²) in [5.41, 5.74) is 0.273. The highest BCUT2D eigenvalue weighted by atomic mass is 32.2. The van der Waals surface area contributed by atoms with Crippen LogP contribution in [0.2, 0.25) is 0 Å². The van der Waals surface area contributed by atoms with E-state index in [1.807, 2.05) is 0 Å². The van der Waals surface area contributed by atoms with Crippen LogP contribution in [-0.2, 0) is 14.8 Å². The van der Waals surface area contributed by atoms with Crippen LogP contribution in [0.4, 0.5) is 24.5 Å². The Balaban J connectivity index is 1.85. The van der Waals surface area contributed by atoms with E-state index in [4.69, 9.17) is 4.74 Å². The van der Waals surface area contributed by atoms with Gasteiger partial charge in [-0.3, -0.25) is 9.52 Å². The first kappa shape index (κ1) is 27.3. The Hall–Kier alpha value is -3.34. The lowest BCUT2D eigenvalue weighted by Crippen LogP contribution is -2.21. The second kappa shape index (κ2) is 11.2. The van der Waals surface area contributed by atoms with Crippen LogP contribution in [-0.4, -0.2) is 31.9 Å². The van der Waals surface area contributed by atoms with E-state index in [2.05, 4.69) is 14.8 Å². The summed E-state index contributed by atoms with van der Waals surface area (Å²) in [5, 5.41) is 12.7. The molecule has 8 nitrogen and oxygen atoms in total. The van der Waals surface area contributed by atoms with Gasteiger partial charge in [-0.05, 0) is 46.0 Å². The minimum Gasteiger partial charge on any atom is -0.492 e. The second-order valence-electron chi connectivity index (χ2n) is 7.31. The minimum absolute atomic E-state index is 0.0738. The molecular weight excluding hydrogens is 520 g/mol. The largest absolute Gasteiger partial charge is 0.492 e. The average Bonchev–Trinajstić information content (AvgIpc) is 2.80. The molecule has 3 rings (SSSR count). The van der Waals surface area contributed by atoms with E-state index < -0.39 is 39.5 Å². The molecule has 192 valence electrons. The number of benzene rings is 3. The number of carbonyl (C=O) groups is 1. The number of hydrogen-bond donors (Lipinski definition) is 3. The Kier molecular flexibility index (Phi) is 8.44. The highest BCUT2D eigenvalue weighted by Crippen LogP contribution is 2.33. The lowest BCUT2D eigenvalue weighted by molar-refractivity contribution is -0.124. The standard InChI is InChI=1S/C23H22F3N2O6PS/c1-2-33-19-12-15(27-22(30)21(29)14-6-4-3-5-7-14)9-11-20(19)36(31,32)28-16-8-10-17(24)18(13-16)34-23(25,26)35/h3-13,21,28-29H,2,35H2,1H3,(H,27,30)/t21-/m0/s1. The fraction of sp³-hybridized carbons (Fsp3) is 0.174. The number of rotatable bonds is 10. The highest BCUT2D eigenvalue weighted by molar-refractivity contribution is 7.92. The number of nitrogens with one attached hydrogen (secondary N) is 2. The molecular formula is C23H22F3N2O6PS. The summed E-state index contributed by atoms with van der Waals surface area (Å²) in [5.74, 6) is -6.63. The molecule has 0 bridgehead atoms. The summed E-state index contributed by atoms with van der Waals surface area (Å²) in [7, 11) is -3.27. The molecule has 1 amide bonds. The van der Waals surface area contributed by atoms with Crippen molar-refractivity contribution in [1.29, 1.82) is 0 Å². The van der Waals surface area contributed by atoms with Gasteiger partial charge in [0.05, 0.1) is 12.3 Å². The van der Waals surface area contributed by atoms with Crippen LogP contribution in [0.25, 0.3) is 0 Å². The van der Waals surface area contributed by atoms with Crippen molar-refractivity contribution in [3.8, 4) is 11.5 Å². The van der Waals surface area contributed by atoms with Crippen molar-refractivity contribution in [3.05, 3.63) is 78.1 Å². The molecule has 0 fully saturated rings. The van der Waals surface area contributed by atoms with Gasteiger partial charge in [-0.25, -0.2) is 12.8 Å². The Morgan fingerprint density at radius 1 is 1.06 bits per heavy atom.